The molecule has 0 saturated carbocycles. The van der Waals surface area contributed by atoms with E-state index in [9.17, 15) is 14.9 Å². The Kier molecular flexibility index (Phi) is 5.14. The Balaban J connectivity index is 2.02. The molecule has 0 spiro atoms. The average Bonchev–Trinajstić information content (AvgIpc) is 3.04. The zero-order chi connectivity index (χ0) is 19.9. The number of H-pyrrole nitrogens is 1. The summed E-state index contributed by atoms with van der Waals surface area (Å²) < 4.78 is 1.51. The fourth-order valence-corrected chi connectivity index (χ4v) is 4.35. The van der Waals surface area contributed by atoms with Crippen LogP contribution in [-0.2, 0) is 13.0 Å². The second kappa shape index (κ2) is 7.22. The van der Waals surface area contributed by atoms with Crippen molar-refractivity contribution in [2.45, 2.75) is 54.0 Å². The van der Waals surface area contributed by atoms with Gasteiger partial charge < -0.3 is 4.98 Å². The average molecular weight is 389 g/mol. The lowest BCUT2D eigenvalue weighted by molar-refractivity contribution is -0.386. The maximum atomic E-state index is 12.7. The minimum absolute atomic E-state index is 0.00114. The summed E-state index contributed by atoms with van der Waals surface area (Å²) in [5, 5.41) is 16.1. The van der Waals surface area contributed by atoms with Crippen molar-refractivity contribution >= 4 is 27.2 Å². The fraction of sp³-hybridized carbons (Fsp3) is 0.500. The second-order valence-electron chi connectivity index (χ2n) is 6.98. The molecule has 1 N–H and O–H groups in total. The molecule has 0 aliphatic rings. The van der Waals surface area contributed by atoms with Crippen LogP contribution in [0.3, 0.4) is 0 Å². The maximum Gasteiger partial charge on any atom is 0.312 e. The van der Waals surface area contributed by atoms with Crippen molar-refractivity contribution in [2.24, 2.45) is 5.92 Å². The molecule has 0 aliphatic heterocycles. The van der Waals surface area contributed by atoms with Gasteiger partial charge >= 0.3 is 5.69 Å². The highest BCUT2D eigenvalue weighted by molar-refractivity contribution is 7.18. The minimum Gasteiger partial charge on any atom is -0.308 e. The number of nitrogens with zero attached hydrogens (tertiary/aromatic N) is 4. The lowest BCUT2D eigenvalue weighted by Gasteiger charge is -2.08. The Morgan fingerprint density at radius 1 is 1.33 bits per heavy atom. The lowest BCUT2D eigenvalue weighted by Crippen LogP contribution is -2.16. The molecule has 0 radical (unpaired) electrons. The number of hydrogen-bond acceptors (Lipinski definition) is 6. The molecular weight excluding hydrogens is 366 g/mol. The third kappa shape index (κ3) is 3.51. The van der Waals surface area contributed by atoms with Crippen LogP contribution in [0.2, 0.25) is 0 Å². The molecule has 9 heteroatoms. The molecular formula is C18H23N5O3S. The normalized spacial score (nSPS) is 12.6. The molecule has 1 atom stereocenters. The first-order valence-corrected chi connectivity index (χ1v) is 9.74. The largest absolute Gasteiger partial charge is 0.312 e. The lowest BCUT2D eigenvalue weighted by atomic mass is 9.98. The quantitative estimate of drug-likeness (QED) is 0.511. The summed E-state index contributed by atoms with van der Waals surface area (Å²) in [6, 6.07) is 0. The minimum atomic E-state index is -0.433. The number of nitro groups is 1. The van der Waals surface area contributed by atoms with Crippen molar-refractivity contribution in [3.63, 3.8) is 0 Å². The van der Waals surface area contributed by atoms with Crippen LogP contribution in [0.25, 0.3) is 10.2 Å². The first-order chi connectivity index (χ1) is 12.7. The molecule has 3 aromatic heterocycles. The van der Waals surface area contributed by atoms with Crippen molar-refractivity contribution < 1.29 is 4.92 Å². The van der Waals surface area contributed by atoms with Gasteiger partial charge in [0.15, 0.2) is 0 Å². The maximum absolute atomic E-state index is 12.7. The first kappa shape index (κ1) is 19.2. The molecule has 0 saturated heterocycles. The summed E-state index contributed by atoms with van der Waals surface area (Å²) >= 11 is 1.52. The van der Waals surface area contributed by atoms with Gasteiger partial charge in [-0.15, -0.1) is 11.3 Å². The van der Waals surface area contributed by atoms with Gasteiger partial charge in [-0.25, -0.2) is 4.98 Å². The molecule has 144 valence electrons. The van der Waals surface area contributed by atoms with Gasteiger partial charge in [0.25, 0.3) is 5.56 Å². The predicted octanol–water partition coefficient (Wildman–Crippen LogP) is 3.65. The van der Waals surface area contributed by atoms with Gasteiger partial charge in [-0.1, -0.05) is 20.3 Å². The summed E-state index contributed by atoms with van der Waals surface area (Å²) in [7, 11) is 0. The molecule has 3 rings (SSSR count). The van der Waals surface area contributed by atoms with E-state index in [0.717, 1.165) is 23.3 Å². The van der Waals surface area contributed by atoms with E-state index in [-0.39, 0.29) is 17.8 Å². The van der Waals surface area contributed by atoms with Crippen LogP contribution in [0.1, 0.15) is 47.9 Å². The standard InChI is InChI=1S/C18H23N5O3S/c1-6-9(2)7-13-12(5)27-18-15(13)17(24)19-14(20-18)8-22-11(4)16(23(25)26)10(3)21-22/h9H,6-8H2,1-5H3,(H,19,20,24)/t9-/m1/s1. The molecule has 8 nitrogen and oxygen atoms in total. The Hall–Kier alpha value is -2.55. The topological polar surface area (TPSA) is 107 Å². The molecule has 0 amide bonds. The van der Waals surface area contributed by atoms with Crippen LogP contribution >= 0.6 is 11.3 Å². The van der Waals surface area contributed by atoms with Gasteiger partial charge in [-0.05, 0) is 38.7 Å². The molecule has 3 aromatic rings. The number of thiophene rings is 1. The van der Waals surface area contributed by atoms with E-state index in [2.05, 4.69) is 28.9 Å². The van der Waals surface area contributed by atoms with Crippen LogP contribution < -0.4 is 5.56 Å². The van der Waals surface area contributed by atoms with Gasteiger partial charge in [-0.3, -0.25) is 19.6 Å². The van der Waals surface area contributed by atoms with Crippen LogP contribution in [0.5, 0.6) is 0 Å². The van der Waals surface area contributed by atoms with E-state index < -0.39 is 4.92 Å². The summed E-state index contributed by atoms with van der Waals surface area (Å²) in [5.41, 5.74) is 1.71. The molecule has 3 heterocycles. The van der Waals surface area contributed by atoms with Crippen LogP contribution in [0, 0.1) is 36.8 Å². The highest BCUT2D eigenvalue weighted by Gasteiger charge is 2.23. The van der Waals surface area contributed by atoms with E-state index >= 15 is 0 Å². The Morgan fingerprint density at radius 3 is 2.63 bits per heavy atom. The second-order valence-corrected chi connectivity index (χ2v) is 8.18. The zero-order valence-electron chi connectivity index (χ0n) is 16.1. The highest BCUT2D eigenvalue weighted by atomic mass is 32.1. The van der Waals surface area contributed by atoms with Gasteiger partial charge in [0.1, 0.15) is 22.0 Å². The van der Waals surface area contributed by atoms with E-state index in [1.54, 1.807) is 13.8 Å². The zero-order valence-corrected chi connectivity index (χ0v) is 16.9. The van der Waals surface area contributed by atoms with E-state index in [1.807, 2.05) is 6.92 Å². The number of aromatic nitrogens is 4. The third-order valence-corrected chi connectivity index (χ3v) is 6.03. The van der Waals surface area contributed by atoms with Crippen molar-refractivity contribution in [1.82, 2.24) is 19.7 Å². The molecule has 0 unspecified atom stereocenters. The van der Waals surface area contributed by atoms with Gasteiger partial charge in [0, 0.05) is 4.88 Å². The number of rotatable bonds is 6. The molecule has 0 fully saturated rings. The highest BCUT2D eigenvalue weighted by Crippen LogP contribution is 2.30. The number of nitrogens with one attached hydrogen (secondary N) is 1. The molecule has 0 aromatic carbocycles. The number of aromatic amines is 1. The number of aryl methyl sites for hydroxylation is 2. The third-order valence-electron chi connectivity index (χ3n) is 4.99. The smallest absolute Gasteiger partial charge is 0.308 e. The van der Waals surface area contributed by atoms with Gasteiger partial charge in [0.2, 0.25) is 0 Å². The van der Waals surface area contributed by atoms with Crippen LogP contribution in [-0.4, -0.2) is 24.7 Å². The summed E-state index contributed by atoms with van der Waals surface area (Å²) in [6.45, 7) is 9.77. The Bertz CT molecular complexity index is 1080. The Morgan fingerprint density at radius 2 is 2.04 bits per heavy atom. The summed E-state index contributed by atoms with van der Waals surface area (Å²) in [4.78, 5) is 32.7. The fourth-order valence-electron chi connectivity index (χ4n) is 3.28. The summed E-state index contributed by atoms with van der Waals surface area (Å²) in [6.07, 6.45) is 1.91. The number of fused-ring (bicyclic) bond motifs is 1. The van der Waals surface area contributed by atoms with Gasteiger partial charge in [0.05, 0.1) is 16.9 Å². The van der Waals surface area contributed by atoms with Crippen molar-refractivity contribution in [3.8, 4) is 0 Å². The predicted molar refractivity (Wildman–Crippen MR) is 106 cm³/mol. The van der Waals surface area contributed by atoms with Crippen molar-refractivity contribution in [3.05, 3.63) is 48.1 Å². The monoisotopic (exact) mass is 389 g/mol. The molecule has 0 aliphatic carbocycles. The Labute approximate surface area is 160 Å². The van der Waals surface area contributed by atoms with Crippen molar-refractivity contribution in [2.75, 3.05) is 0 Å². The molecule has 0 bridgehead atoms. The van der Waals surface area contributed by atoms with E-state index in [4.69, 9.17) is 0 Å². The van der Waals surface area contributed by atoms with Crippen molar-refractivity contribution in [1.29, 1.82) is 0 Å². The summed E-state index contributed by atoms with van der Waals surface area (Å²) in [5.74, 6) is 0.945. The van der Waals surface area contributed by atoms with Crippen LogP contribution in [0.15, 0.2) is 4.79 Å². The molecule has 27 heavy (non-hydrogen) atoms. The SMILES string of the molecule is CC[C@@H](C)Cc1c(C)sc2nc(Cn3nc(C)c([N+](=O)[O-])c3C)[nH]c(=O)c12. The van der Waals surface area contributed by atoms with E-state index in [1.165, 1.54) is 16.0 Å². The van der Waals surface area contributed by atoms with Gasteiger partial charge in [-0.2, -0.15) is 5.10 Å². The van der Waals surface area contributed by atoms with E-state index in [0.29, 0.717) is 33.3 Å². The number of hydrogen-bond donors (Lipinski definition) is 1. The first-order valence-electron chi connectivity index (χ1n) is 8.92. The van der Waals surface area contributed by atoms with Crippen LogP contribution in [0.4, 0.5) is 5.69 Å².